The van der Waals surface area contributed by atoms with Crippen molar-refractivity contribution in [2.45, 2.75) is 71.0 Å². The first kappa shape index (κ1) is 23.7. The van der Waals surface area contributed by atoms with Crippen molar-refractivity contribution >= 4 is 23.8 Å². The molecule has 0 bridgehead atoms. The lowest BCUT2D eigenvalue weighted by Crippen LogP contribution is -2.51. The Balaban J connectivity index is 1.79. The molecule has 1 unspecified atom stereocenters. The van der Waals surface area contributed by atoms with Gasteiger partial charge in [0.25, 0.3) is 0 Å². The Kier molecular flexibility index (Phi) is 9.14. The van der Waals surface area contributed by atoms with Gasteiger partial charge in [0.05, 0.1) is 6.61 Å². The lowest BCUT2D eigenvalue weighted by atomic mass is 9.91. The Morgan fingerprint density at radius 2 is 1.87 bits per heavy atom. The van der Waals surface area contributed by atoms with Gasteiger partial charge in [0.15, 0.2) is 0 Å². The molecule has 0 spiro atoms. The van der Waals surface area contributed by atoms with Crippen LogP contribution in [0.2, 0.25) is 0 Å². The molecule has 0 aromatic carbocycles. The highest BCUT2D eigenvalue weighted by atomic mass is 16.5. The van der Waals surface area contributed by atoms with E-state index in [1.54, 1.807) is 13.1 Å². The molecular formula is C21H36N6O3. The van der Waals surface area contributed by atoms with E-state index in [0.29, 0.717) is 19.0 Å². The number of esters is 1. The molecule has 9 nitrogen and oxygen atoms in total. The predicted octanol–water partition coefficient (Wildman–Crippen LogP) is 2.54. The van der Waals surface area contributed by atoms with Crippen LogP contribution in [0.5, 0.6) is 0 Å². The molecule has 30 heavy (non-hydrogen) atoms. The fourth-order valence-electron chi connectivity index (χ4n) is 3.55. The van der Waals surface area contributed by atoms with E-state index >= 15 is 0 Å². The fourth-order valence-corrected chi connectivity index (χ4v) is 3.55. The molecule has 2 amide bonds. The zero-order valence-electron chi connectivity index (χ0n) is 18.8. The summed E-state index contributed by atoms with van der Waals surface area (Å²) >= 11 is 0. The maximum Gasteiger partial charge on any atom is 0.328 e. The smallest absolute Gasteiger partial charge is 0.328 e. The summed E-state index contributed by atoms with van der Waals surface area (Å²) in [5.41, 5.74) is 0. The Labute approximate surface area is 179 Å². The highest BCUT2D eigenvalue weighted by Gasteiger charge is 2.26. The number of nitrogens with one attached hydrogen (secondary N) is 3. The first-order valence-corrected chi connectivity index (χ1v) is 10.8. The summed E-state index contributed by atoms with van der Waals surface area (Å²) in [5.74, 6) is 1.38. The molecule has 168 valence electrons. The second-order valence-corrected chi connectivity index (χ2v) is 8.38. The van der Waals surface area contributed by atoms with Gasteiger partial charge in [0.1, 0.15) is 11.9 Å². The molecule has 0 aliphatic heterocycles. The standard InChI is InChI=1S/C21H36N6O3/c1-6-30-19(28)17(13-14(2)3)25-21(29)24-16-9-7-15(8-10-16)23-20-22-12-11-18(26-20)27(4)5/h11-12,14-17H,6-10,13H2,1-5H3,(H,22,23,26)(H2,24,25,29). The van der Waals surface area contributed by atoms with Crippen LogP contribution in [0.3, 0.4) is 0 Å². The lowest BCUT2D eigenvalue weighted by Gasteiger charge is -2.30. The third-order valence-electron chi connectivity index (χ3n) is 5.08. The summed E-state index contributed by atoms with van der Waals surface area (Å²) in [4.78, 5) is 35.3. The van der Waals surface area contributed by atoms with Gasteiger partial charge >= 0.3 is 12.0 Å². The molecule has 1 aliphatic carbocycles. The molecule has 0 saturated heterocycles. The summed E-state index contributed by atoms with van der Waals surface area (Å²) < 4.78 is 5.08. The van der Waals surface area contributed by atoms with E-state index < -0.39 is 6.04 Å². The molecule has 1 aromatic heterocycles. The Morgan fingerprint density at radius 1 is 1.20 bits per heavy atom. The van der Waals surface area contributed by atoms with Crippen LogP contribution in [0.1, 0.15) is 52.9 Å². The molecule has 1 saturated carbocycles. The number of amides is 2. The van der Waals surface area contributed by atoms with Crippen molar-refractivity contribution in [1.82, 2.24) is 20.6 Å². The van der Waals surface area contributed by atoms with Crippen molar-refractivity contribution in [1.29, 1.82) is 0 Å². The van der Waals surface area contributed by atoms with E-state index in [9.17, 15) is 9.59 Å². The summed E-state index contributed by atoms with van der Waals surface area (Å²) in [7, 11) is 3.89. The summed E-state index contributed by atoms with van der Waals surface area (Å²) in [6.07, 6.45) is 5.83. The minimum atomic E-state index is -0.621. The molecule has 9 heteroatoms. The molecule has 0 radical (unpaired) electrons. The average Bonchev–Trinajstić information content (AvgIpc) is 2.69. The van der Waals surface area contributed by atoms with Gasteiger partial charge in [0.2, 0.25) is 5.95 Å². The van der Waals surface area contributed by atoms with Crippen LogP contribution in [-0.2, 0) is 9.53 Å². The zero-order valence-corrected chi connectivity index (χ0v) is 18.8. The number of aromatic nitrogens is 2. The number of ether oxygens (including phenoxy) is 1. The largest absolute Gasteiger partial charge is 0.464 e. The molecular weight excluding hydrogens is 384 g/mol. The number of carbonyl (C=O) groups excluding carboxylic acids is 2. The Hall–Kier alpha value is -2.58. The number of urea groups is 1. The van der Waals surface area contributed by atoms with Crippen molar-refractivity contribution < 1.29 is 14.3 Å². The second kappa shape index (κ2) is 11.6. The van der Waals surface area contributed by atoms with Crippen LogP contribution < -0.4 is 20.9 Å². The van der Waals surface area contributed by atoms with Gasteiger partial charge in [-0.1, -0.05) is 13.8 Å². The number of hydrogen-bond acceptors (Lipinski definition) is 7. The van der Waals surface area contributed by atoms with Gasteiger partial charge in [-0.2, -0.15) is 4.98 Å². The maximum atomic E-state index is 12.4. The topological polar surface area (TPSA) is 108 Å². The monoisotopic (exact) mass is 420 g/mol. The third kappa shape index (κ3) is 7.68. The van der Waals surface area contributed by atoms with E-state index in [2.05, 4.69) is 25.9 Å². The number of nitrogens with zero attached hydrogens (tertiary/aromatic N) is 3. The summed E-state index contributed by atoms with van der Waals surface area (Å²) in [6.45, 7) is 6.09. The molecule has 2 rings (SSSR count). The molecule has 1 fully saturated rings. The maximum absolute atomic E-state index is 12.4. The SMILES string of the molecule is CCOC(=O)C(CC(C)C)NC(=O)NC1CCC(Nc2nccc(N(C)C)n2)CC1. The fraction of sp³-hybridized carbons (Fsp3) is 0.714. The van der Waals surface area contributed by atoms with Gasteiger partial charge in [-0.25, -0.2) is 14.6 Å². The lowest BCUT2D eigenvalue weighted by molar-refractivity contribution is -0.145. The van der Waals surface area contributed by atoms with Crippen LogP contribution in [0.15, 0.2) is 12.3 Å². The molecule has 1 aromatic rings. The molecule has 1 aliphatic rings. The van der Waals surface area contributed by atoms with Crippen molar-refractivity contribution in [3.8, 4) is 0 Å². The molecule has 3 N–H and O–H groups in total. The van der Waals surface area contributed by atoms with Gasteiger partial charge in [-0.3, -0.25) is 0 Å². The summed E-state index contributed by atoms with van der Waals surface area (Å²) in [6, 6.07) is 1.29. The molecule has 1 heterocycles. The van der Waals surface area contributed by atoms with E-state index in [-0.39, 0.29) is 30.0 Å². The highest BCUT2D eigenvalue weighted by Crippen LogP contribution is 2.21. The van der Waals surface area contributed by atoms with E-state index in [1.165, 1.54) is 0 Å². The first-order chi connectivity index (χ1) is 14.3. The van der Waals surface area contributed by atoms with Crippen molar-refractivity contribution in [3.63, 3.8) is 0 Å². The van der Waals surface area contributed by atoms with E-state index in [0.717, 1.165) is 31.5 Å². The number of rotatable bonds is 9. The second-order valence-electron chi connectivity index (χ2n) is 8.38. The van der Waals surface area contributed by atoms with Crippen molar-refractivity contribution in [2.24, 2.45) is 5.92 Å². The van der Waals surface area contributed by atoms with E-state index in [1.807, 2.05) is 38.9 Å². The van der Waals surface area contributed by atoms with E-state index in [4.69, 9.17) is 4.74 Å². The van der Waals surface area contributed by atoms with Crippen LogP contribution in [0.4, 0.5) is 16.6 Å². The van der Waals surface area contributed by atoms with Gasteiger partial charge in [-0.05, 0) is 51.0 Å². The van der Waals surface area contributed by atoms with Crippen LogP contribution in [0.25, 0.3) is 0 Å². The van der Waals surface area contributed by atoms with Crippen molar-refractivity contribution in [3.05, 3.63) is 12.3 Å². The third-order valence-corrected chi connectivity index (χ3v) is 5.08. The average molecular weight is 421 g/mol. The minimum absolute atomic E-state index is 0.0824. The van der Waals surface area contributed by atoms with Gasteiger partial charge < -0.3 is 25.6 Å². The van der Waals surface area contributed by atoms with Crippen molar-refractivity contribution in [2.75, 3.05) is 30.9 Å². The normalized spacial score (nSPS) is 19.7. The number of hydrogen-bond donors (Lipinski definition) is 3. The predicted molar refractivity (Wildman–Crippen MR) is 118 cm³/mol. The van der Waals surface area contributed by atoms with Crippen LogP contribution in [0, 0.1) is 5.92 Å². The number of carbonyl (C=O) groups is 2. The molecule has 1 atom stereocenters. The Morgan fingerprint density at radius 3 is 2.47 bits per heavy atom. The number of anilines is 2. The first-order valence-electron chi connectivity index (χ1n) is 10.8. The quantitative estimate of drug-likeness (QED) is 0.527. The zero-order chi connectivity index (χ0) is 22.1. The van der Waals surface area contributed by atoms with Crippen LogP contribution in [-0.4, -0.2) is 60.8 Å². The minimum Gasteiger partial charge on any atom is -0.464 e. The van der Waals surface area contributed by atoms with Crippen LogP contribution >= 0.6 is 0 Å². The summed E-state index contributed by atoms with van der Waals surface area (Å²) in [5, 5.41) is 9.18. The highest BCUT2D eigenvalue weighted by molar-refractivity contribution is 5.83. The van der Waals surface area contributed by atoms with Gasteiger partial charge in [0, 0.05) is 32.4 Å². The van der Waals surface area contributed by atoms with Gasteiger partial charge in [-0.15, -0.1) is 0 Å². The Bertz CT molecular complexity index is 689.